The molecule has 6 nitrogen and oxygen atoms in total. The second-order valence-corrected chi connectivity index (χ2v) is 8.19. The summed E-state index contributed by atoms with van der Waals surface area (Å²) in [5, 5.41) is 0. The number of rotatable bonds is 5. The summed E-state index contributed by atoms with van der Waals surface area (Å²) in [6.45, 7) is 6.90. The van der Waals surface area contributed by atoms with Crippen LogP contribution in [0.2, 0.25) is 0 Å². The van der Waals surface area contributed by atoms with E-state index in [9.17, 15) is 18.0 Å². The summed E-state index contributed by atoms with van der Waals surface area (Å²) in [4.78, 5) is 19.9. The number of hydrogen-bond donors (Lipinski definition) is 0. The fraction of sp³-hybridized carbons (Fsp3) is 0.778. The van der Waals surface area contributed by atoms with Crippen LogP contribution in [-0.2, 0) is 17.8 Å². The summed E-state index contributed by atoms with van der Waals surface area (Å²) in [5.41, 5.74) is -0.542. The first kappa shape index (κ1) is 21.5. The SMILES string of the molecule is CN(CC1CCCN(Cc2nccn2CC(F)(F)F)C1)C(=O)OC(C)(C)C. The Hall–Kier alpha value is -1.77. The summed E-state index contributed by atoms with van der Waals surface area (Å²) in [7, 11) is 1.71. The van der Waals surface area contributed by atoms with Gasteiger partial charge in [-0.2, -0.15) is 13.2 Å². The smallest absolute Gasteiger partial charge is 0.410 e. The van der Waals surface area contributed by atoms with Gasteiger partial charge in [0.25, 0.3) is 0 Å². The molecule has 1 aromatic heterocycles. The van der Waals surface area contributed by atoms with Gasteiger partial charge in [0.15, 0.2) is 0 Å². The molecule has 0 bridgehead atoms. The van der Waals surface area contributed by atoms with E-state index in [-0.39, 0.29) is 12.0 Å². The highest BCUT2D eigenvalue weighted by Crippen LogP contribution is 2.22. The molecule has 1 amide bonds. The van der Waals surface area contributed by atoms with Crippen LogP contribution in [0.15, 0.2) is 12.4 Å². The fourth-order valence-corrected chi connectivity index (χ4v) is 3.27. The van der Waals surface area contributed by atoms with E-state index in [0.717, 1.165) is 24.0 Å². The third kappa shape index (κ3) is 7.40. The van der Waals surface area contributed by atoms with Gasteiger partial charge in [0, 0.05) is 32.5 Å². The molecule has 9 heteroatoms. The van der Waals surface area contributed by atoms with Gasteiger partial charge in [-0.05, 0) is 46.1 Å². The Labute approximate surface area is 158 Å². The number of ether oxygens (including phenoxy) is 1. The predicted molar refractivity (Wildman–Crippen MR) is 95.1 cm³/mol. The molecule has 1 aliphatic heterocycles. The Morgan fingerprint density at radius 3 is 2.70 bits per heavy atom. The Bertz CT molecular complexity index is 625. The number of amides is 1. The lowest BCUT2D eigenvalue weighted by atomic mass is 9.97. The Morgan fingerprint density at radius 1 is 1.37 bits per heavy atom. The molecule has 0 saturated carbocycles. The third-order valence-electron chi connectivity index (χ3n) is 4.36. The number of alkyl halides is 3. The van der Waals surface area contributed by atoms with E-state index < -0.39 is 18.3 Å². The number of carbonyl (C=O) groups is 1. The first-order valence-corrected chi connectivity index (χ1v) is 9.16. The third-order valence-corrected chi connectivity index (χ3v) is 4.36. The normalized spacial score (nSPS) is 19.1. The predicted octanol–water partition coefficient (Wildman–Crippen LogP) is 3.52. The molecule has 2 heterocycles. The summed E-state index contributed by atoms with van der Waals surface area (Å²) in [6, 6.07) is 0. The molecule has 1 aromatic rings. The van der Waals surface area contributed by atoms with Crippen LogP contribution in [0.3, 0.4) is 0 Å². The summed E-state index contributed by atoms with van der Waals surface area (Å²) >= 11 is 0. The quantitative estimate of drug-likeness (QED) is 0.772. The van der Waals surface area contributed by atoms with Gasteiger partial charge in [-0.3, -0.25) is 4.90 Å². The van der Waals surface area contributed by atoms with Gasteiger partial charge in [0.2, 0.25) is 0 Å². The zero-order chi connectivity index (χ0) is 20.2. The Balaban J connectivity index is 1.89. The average molecular weight is 390 g/mol. The fourth-order valence-electron chi connectivity index (χ4n) is 3.27. The van der Waals surface area contributed by atoms with Crippen molar-refractivity contribution in [2.45, 2.75) is 58.5 Å². The van der Waals surface area contributed by atoms with Crippen molar-refractivity contribution in [1.82, 2.24) is 19.4 Å². The summed E-state index contributed by atoms with van der Waals surface area (Å²) in [6.07, 6.45) is 0.0447. The molecule has 2 rings (SSSR count). The molecule has 0 aromatic carbocycles. The monoisotopic (exact) mass is 390 g/mol. The van der Waals surface area contributed by atoms with Gasteiger partial charge < -0.3 is 14.2 Å². The molecule has 0 radical (unpaired) electrons. The maximum absolute atomic E-state index is 12.7. The summed E-state index contributed by atoms with van der Waals surface area (Å²) in [5.74, 6) is 0.663. The topological polar surface area (TPSA) is 50.6 Å². The van der Waals surface area contributed by atoms with E-state index in [1.165, 1.54) is 12.4 Å². The van der Waals surface area contributed by atoms with Crippen LogP contribution in [0.25, 0.3) is 0 Å². The maximum atomic E-state index is 12.7. The van der Waals surface area contributed by atoms with Crippen molar-refractivity contribution in [1.29, 1.82) is 0 Å². The van der Waals surface area contributed by atoms with Crippen molar-refractivity contribution in [3.8, 4) is 0 Å². The lowest BCUT2D eigenvalue weighted by molar-refractivity contribution is -0.141. The van der Waals surface area contributed by atoms with Crippen LogP contribution in [0.5, 0.6) is 0 Å². The van der Waals surface area contributed by atoms with Crippen molar-refractivity contribution in [3.05, 3.63) is 18.2 Å². The van der Waals surface area contributed by atoms with Crippen molar-refractivity contribution < 1.29 is 22.7 Å². The van der Waals surface area contributed by atoms with Gasteiger partial charge in [-0.15, -0.1) is 0 Å². The van der Waals surface area contributed by atoms with Crippen molar-refractivity contribution in [3.63, 3.8) is 0 Å². The standard InChI is InChI=1S/C18H29F3N4O2/c1-17(2,3)27-16(26)23(4)10-14-6-5-8-24(11-14)12-15-22-7-9-25(15)13-18(19,20)21/h7,9,14H,5-6,8,10-13H2,1-4H3. The van der Waals surface area contributed by atoms with Crippen LogP contribution in [0.4, 0.5) is 18.0 Å². The van der Waals surface area contributed by atoms with Crippen LogP contribution in [-0.4, -0.2) is 63.9 Å². The lowest BCUT2D eigenvalue weighted by Crippen LogP contribution is -2.43. The second-order valence-electron chi connectivity index (χ2n) is 8.19. The van der Waals surface area contributed by atoms with Crippen LogP contribution >= 0.6 is 0 Å². The zero-order valence-electron chi connectivity index (χ0n) is 16.4. The van der Waals surface area contributed by atoms with Crippen LogP contribution < -0.4 is 0 Å². The van der Waals surface area contributed by atoms with E-state index in [4.69, 9.17) is 4.74 Å². The van der Waals surface area contributed by atoms with Gasteiger partial charge in [0.05, 0.1) is 6.54 Å². The number of aromatic nitrogens is 2. The minimum atomic E-state index is -4.27. The zero-order valence-corrected chi connectivity index (χ0v) is 16.4. The number of imidazole rings is 1. The van der Waals surface area contributed by atoms with Crippen LogP contribution in [0, 0.1) is 5.92 Å². The van der Waals surface area contributed by atoms with Gasteiger partial charge >= 0.3 is 12.3 Å². The van der Waals surface area contributed by atoms with E-state index in [2.05, 4.69) is 9.88 Å². The molecule has 0 aliphatic carbocycles. The van der Waals surface area contributed by atoms with Crippen molar-refractivity contribution >= 4 is 6.09 Å². The largest absolute Gasteiger partial charge is 0.444 e. The Kier molecular flexibility index (Phi) is 6.77. The van der Waals surface area contributed by atoms with Crippen LogP contribution in [0.1, 0.15) is 39.4 Å². The molecule has 1 aliphatic rings. The second kappa shape index (κ2) is 8.50. The highest BCUT2D eigenvalue weighted by atomic mass is 19.4. The lowest BCUT2D eigenvalue weighted by Gasteiger charge is -2.35. The number of halogens is 3. The first-order chi connectivity index (χ1) is 12.4. The molecule has 1 fully saturated rings. The van der Waals surface area contributed by atoms with Crippen molar-refractivity contribution in [2.24, 2.45) is 5.92 Å². The molecule has 1 atom stereocenters. The van der Waals surface area contributed by atoms with Gasteiger partial charge in [0.1, 0.15) is 18.0 Å². The van der Waals surface area contributed by atoms with E-state index >= 15 is 0 Å². The molecule has 1 saturated heterocycles. The molecule has 27 heavy (non-hydrogen) atoms. The first-order valence-electron chi connectivity index (χ1n) is 9.16. The summed E-state index contributed by atoms with van der Waals surface area (Å²) < 4.78 is 44.5. The number of hydrogen-bond acceptors (Lipinski definition) is 4. The van der Waals surface area contributed by atoms with Gasteiger partial charge in [-0.1, -0.05) is 0 Å². The Morgan fingerprint density at radius 2 is 2.07 bits per heavy atom. The number of piperidine rings is 1. The highest BCUT2D eigenvalue weighted by molar-refractivity contribution is 5.67. The molecule has 0 N–H and O–H groups in total. The number of carbonyl (C=O) groups excluding carboxylic acids is 1. The number of likely N-dealkylation sites (tertiary alicyclic amines) is 1. The van der Waals surface area contributed by atoms with E-state index in [1.807, 2.05) is 20.8 Å². The van der Waals surface area contributed by atoms with E-state index in [1.54, 1.807) is 11.9 Å². The molecule has 154 valence electrons. The minimum Gasteiger partial charge on any atom is -0.444 e. The highest BCUT2D eigenvalue weighted by Gasteiger charge is 2.30. The van der Waals surface area contributed by atoms with Gasteiger partial charge in [-0.25, -0.2) is 9.78 Å². The average Bonchev–Trinajstić information content (AvgIpc) is 2.90. The van der Waals surface area contributed by atoms with E-state index in [0.29, 0.717) is 25.5 Å². The molecular formula is C18H29F3N4O2. The minimum absolute atomic E-state index is 0.252. The van der Waals surface area contributed by atoms with Crippen molar-refractivity contribution in [2.75, 3.05) is 26.7 Å². The molecule has 0 spiro atoms. The number of nitrogens with zero attached hydrogens (tertiary/aromatic N) is 4. The molecular weight excluding hydrogens is 361 g/mol. The molecule has 1 unspecified atom stereocenters. The maximum Gasteiger partial charge on any atom is 0.410 e.